The molecular formula is C27H27ClN2O3. The van der Waals surface area contributed by atoms with Gasteiger partial charge in [-0.1, -0.05) is 48.0 Å². The van der Waals surface area contributed by atoms with Gasteiger partial charge in [-0.2, -0.15) is 0 Å². The fraction of sp³-hybridized carbons (Fsp3) is 0.259. The molecule has 2 heterocycles. The van der Waals surface area contributed by atoms with E-state index in [2.05, 4.69) is 16.0 Å². The van der Waals surface area contributed by atoms with Crippen molar-refractivity contribution in [2.45, 2.75) is 24.9 Å². The van der Waals surface area contributed by atoms with Crippen LogP contribution in [0.25, 0.3) is 5.57 Å². The summed E-state index contributed by atoms with van der Waals surface area (Å²) in [6.45, 7) is 2.48. The zero-order chi connectivity index (χ0) is 23.3. The Hall–Kier alpha value is -2.99. The van der Waals surface area contributed by atoms with Crippen LogP contribution >= 0.6 is 11.6 Å². The van der Waals surface area contributed by atoms with Gasteiger partial charge in [-0.3, -0.25) is 4.98 Å². The molecule has 1 aliphatic heterocycles. The normalized spacial score (nSPS) is 16.5. The number of pyridine rings is 1. The maximum Gasteiger partial charge on any atom is 0.335 e. The molecule has 0 bridgehead atoms. The zero-order valence-corrected chi connectivity index (χ0v) is 19.1. The van der Waals surface area contributed by atoms with Crippen LogP contribution in [0.15, 0.2) is 79.1 Å². The minimum absolute atomic E-state index is 0.264. The van der Waals surface area contributed by atoms with Crippen molar-refractivity contribution in [2.24, 2.45) is 0 Å². The number of benzene rings is 2. The van der Waals surface area contributed by atoms with E-state index in [4.69, 9.17) is 11.6 Å². The van der Waals surface area contributed by atoms with E-state index in [1.54, 1.807) is 30.6 Å². The number of piperidine rings is 1. The Morgan fingerprint density at radius 3 is 2.39 bits per heavy atom. The van der Waals surface area contributed by atoms with Crippen molar-refractivity contribution < 1.29 is 15.0 Å². The summed E-state index contributed by atoms with van der Waals surface area (Å²) in [4.78, 5) is 18.0. The highest BCUT2D eigenvalue weighted by Gasteiger charge is 2.33. The average molecular weight is 463 g/mol. The van der Waals surface area contributed by atoms with Gasteiger partial charge >= 0.3 is 5.97 Å². The number of nitrogens with zero attached hydrogens (tertiary/aromatic N) is 2. The first-order valence-corrected chi connectivity index (χ1v) is 11.5. The predicted octanol–water partition coefficient (Wildman–Crippen LogP) is 5.24. The lowest BCUT2D eigenvalue weighted by atomic mass is 9.84. The van der Waals surface area contributed by atoms with E-state index in [9.17, 15) is 15.0 Å². The number of aromatic carboxylic acids is 1. The highest BCUT2D eigenvalue weighted by Crippen LogP contribution is 2.33. The van der Waals surface area contributed by atoms with E-state index in [1.807, 2.05) is 42.5 Å². The molecule has 1 aromatic heterocycles. The minimum Gasteiger partial charge on any atom is -0.478 e. The van der Waals surface area contributed by atoms with Gasteiger partial charge in [0, 0.05) is 42.6 Å². The van der Waals surface area contributed by atoms with Crippen LogP contribution in [0.3, 0.4) is 0 Å². The van der Waals surface area contributed by atoms with Crippen molar-refractivity contribution in [2.75, 3.05) is 19.6 Å². The zero-order valence-electron chi connectivity index (χ0n) is 18.3. The third kappa shape index (κ3) is 5.69. The van der Waals surface area contributed by atoms with E-state index in [0.29, 0.717) is 17.9 Å². The average Bonchev–Trinajstić information content (AvgIpc) is 2.84. The molecule has 0 amide bonds. The molecule has 0 aliphatic carbocycles. The lowest BCUT2D eigenvalue weighted by Crippen LogP contribution is -2.42. The summed E-state index contributed by atoms with van der Waals surface area (Å²) in [5, 5.41) is 21.1. The Labute approximate surface area is 199 Å². The maximum absolute atomic E-state index is 11.4. The van der Waals surface area contributed by atoms with Gasteiger partial charge in [0.15, 0.2) is 0 Å². The van der Waals surface area contributed by atoms with E-state index < -0.39 is 11.6 Å². The SMILES string of the molecule is O=C(O)c1cccc(/C(=C\CCN2CCC(O)(c3ccc(Cl)cc3)CC2)c2cccnc2)c1. The summed E-state index contributed by atoms with van der Waals surface area (Å²) >= 11 is 5.99. The van der Waals surface area contributed by atoms with Gasteiger partial charge in [-0.25, -0.2) is 4.79 Å². The molecule has 170 valence electrons. The third-order valence-electron chi connectivity index (χ3n) is 6.25. The standard InChI is InChI=1S/C27H27ClN2O3/c28-24-10-8-23(9-11-24)27(33)12-16-30(17-13-27)15-3-7-25(22-6-2-14-29-19-22)20-4-1-5-21(18-20)26(31)32/h1-2,4-11,14,18-19,33H,3,12-13,15-17H2,(H,31,32)/b25-7+. The molecular weight excluding hydrogens is 436 g/mol. The summed E-state index contributed by atoms with van der Waals surface area (Å²) in [7, 11) is 0. The minimum atomic E-state index is -0.941. The number of aliphatic hydroxyl groups is 1. The number of halogens is 1. The number of carboxylic acid groups (broad SMARTS) is 1. The van der Waals surface area contributed by atoms with Crippen LogP contribution in [0.1, 0.15) is 46.3 Å². The van der Waals surface area contributed by atoms with Crippen LogP contribution in [0.5, 0.6) is 0 Å². The second kappa shape index (κ2) is 10.3. The Morgan fingerprint density at radius 1 is 1.03 bits per heavy atom. The smallest absolute Gasteiger partial charge is 0.335 e. The molecule has 1 saturated heterocycles. The Kier molecular flexibility index (Phi) is 7.23. The largest absolute Gasteiger partial charge is 0.478 e. The first-order chi connectivity index (χ1) is 15.9. The van der Waals surface area contributed by atoms with Crippen molar-refractivity contribution in [3.05, 3.63) is 106 Å². The Balaban J connectivity index is 1.44. The topological polar surface area (TPSA) is 73.7 Å². The molecule has 2 N–H and O–H groups in total. The van der Waals surface area contributed by atoms with E-state index in [0.717, 1.165) is 48.3 Å². The second-order valence-electron chi connectivity index (χ2n) is 8.41. The number of aromatic nitrogens is 1. The van der Waals surface area contributed by atoms with Crippen LogP contribution in [-0.2, 0) is 5.60 Å². The molecule has 4 rings (SSSR count). The predicted molar refractivity (Wildman–Crippen MR) is 130 cm³/mol. The van der Waals surface area contributed by atoms with Crippen LogP contribution in [0.2, 0.25) is 5.02 Å². The highest BCUT2D eigenvalue weighted by molar-refractivity contribution is 6.30. The fourth-order valence-corrected chi connectivity index (χ4v) is 4.46. The van der Waals surface area contributed by atoms with Gasteiger partial charge < -0.3 is 15.1 Å². The van der Waals surface area contributed by atoms with E-state index in [1.165, 1.54) is 0 Å². The number of rotatable bonds is 7. The fourth-order valence-electron chi connectivity index (χ4n) is 4.33. The van der Waals surface area contributed by atoms with Crippen molar-refractivity contribution >= 4 is 23.1 Å². The number of hydrogen-bond donors (Lipinski definition) is 2. The van der Waals surface area contributed by atoms with Crippen molar-refractivity contribution in [1.82, 2.24) is 9.88 Å². The summed E-state index contributed by atoms with van der Waals surface area (Å²) in [6, 6.07) is 18.3. The first-order valence-electron chi connectivity index (χ1n) is 11.1. The summed E-state index contributed by atoms with van der Waals surface area (Å²) in [5.41, 5.74) is 3.16. The maximum atomic E-state index is 11.4. The Morgan fingerprint density at radius 2 is 1.73 bits per heavy atom. The number of carbonyl (C=O) groups is 1. The molecule has 1 fully saturated rings. The Bertz CT molecular complexity index is 1120. The summed E-state index contributed by atoms with van der Waals surface area (Å²) < 4.78 is 0. The first kappa shape index (κ1) is 23.2. The van der Waals surface area contributed by atoms with Gasteiger partial charge in [0.25, 0.3) is 0 Å². The molecule has 6 heteroatoms. The quantitative estimate of drug-likeness (QED) is 0.502. The van der Waals surface area contributed by atoms with Crippen LogP contribution in [-0.4, -0.2) is 45.7 Å². The van der Waals surface area contributed by atoms with E-state index in [-0.39, 0.29) is 5.56 Å². The molecule has 3 aromatic rings. The van der Waals surface area contributed by atoms with Crippen LogP contribution in [0.4, 0.5) is 0 Å². The number of hydrogen-bond acceptors (Lipinski definition) is 4. The van der Waals surface area contributed by atoms with Crippen molar-refractivity contribution in [3.8, 4) is 0 Å². The lowest BCUT2D eigenvalue weighted by molar-refractivity contribution is -0.0254. The monoisotopic (exact) mass is 462 g/mol. The van der Waals surface area contributed by atoms with Crippen molar-refractivity contribution in [3.63, 3.8) is 0 Å². The molecule has 0 unspecified atom stereocenters. The lowest BCUT2D eigenvalue weighted by Gasteiger charge is -2.38. The van der Waals surface area contributed by atoms with Gasteiger partial charge in [0.2, 0.25) is 0 Å². The summed E-state index contributed by atoms with van der Waals surface area (Å²) in [6.07, 6.45) is 7.83. The van der Waals surface area contributed by atoms with Gasteiger partial charge in [0.05, 0.1) is 11.2 Å². The van der Waals surface area contributed by atoms with Gasteiger partial charge in [-0.15, -0.1) is 0 Å². The van der Waals surface area contributed by atoms with E-state index >= 15 is 0 Å². The second-order valence-corrected chi connectivity index (χ2v) is 8.85. The molecule has 5 nitrogen and oxygen atoms in total. The molecule has 0 radical (unpaired) electrons. The summed E-state index contributed by atoms with van der Waals surface area (Å²) in [5.74, 6) is -0.941. The number of likely N-dealkylation sites (tertiary alicyclic amines) is 1. The van der Waals surface area contributed by atoms with Crippen molar-refractivity contribution in [1.29, 1.82) is 0 Å². The highest BCUT2D eigenvalue weighted by atomic mass is 35.5. The van der Waals surface area contributed by atoms with Crippen LogP contribution in [0, 0.1) is 0 Å². The molecule has 0 saturated carbocycles. The molecule has 1 aliphatic rings. The van der Waals surface area contributed by atoms with Gasteiger partial charge in [-0.05, 0) is 66.3 Å². The third-order valence-corrected chi connectivity index (χ3v) is 6.50. The molecule has 0 atom stereocenters. The molecule has 2 aromatic carbocycles. The van der Waals surface area contributed by atoms with Crippen LogP contribution < -0.4 is 0 Å². The molecule has 0 spiro atoms. The number of carboxylic acids is 1. The van der Waals surface area contributed by atoms with Gasteiger partial charge in [0.1, 0.15) is 0 Å². The molecule has 33 heavy (non-hydrogen) atoms.